The third kappa shape index (κ3) is 1.76. The lowest BCUT2D eigenvalue weighted by Crippen LogP contribution is -2.37. The molecule has 0 atom stereocenters. The van der Waals surface area contributed by atoms with Crippen molar-refractivity contribution in [3.05, 3.63) is 46.5 Å². The van der Waals surface area contributed by atoms with Gasteiger partial charge in [0.15, 0.2) is 0 Å². The van der Waals surface area contributed by atoms with Gasteiger partial charge in [0.2, 0.25) is 5.91 Å². The Labute approximate surface area is 101 Å². The number of carbonyl (C=O) groups is 1. The Bertz CT molecular complexity index is 474. The van der Waals surface area contributed by atoms with Crippen molar-refractivity contribution in [2.24, 2.45) is 0 Å². The summed E-state index contributed by atoms with van der Waals surface area (Å²) in [6.45, 7) is 5.21. The molecule has 3 nitrogen and oxygen atoms in total. The number of nitrogens with one attached hydrogen (secondary N) is 1. The number of fused-ring (bicyclic) bond motifs is 1. The average Bonchev–Trinajstić information content (AvgIpc) is 2.68. The van der Waals surface area contributed by atoms with E-state index in [2.05, 4.69) is 17.4 Å². The largest absolute Gasteiger partial charge is 0.330 e. The number of nitrogens with zero attached hydrogens (tertiary/aromatic N) is 1. The number of benzene rings is 1. The van der Waals surface area contributed by atoms with Gasteiger partial charge >= 0.3 is 0 Å². The number of amides is 1. The first-order valence-electron chi connectivity index (χ1n) is 6.01. The van der Waals surface area contributed by atoms with E-state index in [1.54, 1.807) is 0 Å². The lowest BCUT2D eigenvalue weighted by molar-refractivity contribution is -0.127. The summed E-state index contributed by atoms with van der Waals surface area (Å²) in [5.41, 5.74) is 4.75. The molecular weight excluding hydrogens is 212 g/mol. The van der Waals surface area contributed by atoms with Crippen LogP contribution in [0.2, 0.25) is 0 Å². The predicted octanol–water partition coefficient (Wildman–Crippen LogP) is 1.45. The first-order chi connectivity index (χ1) is 8.25. The number of hydrogen-bond donors (Lipinski definition) is 1. The molecule has 0 spiro atoms. The predicted molar refractivity (Wildman–Crippen MR) is 66.3 cm³/mol. The van der Waals surface area contributed by atoms with E-state index in [1.165, 1.54) is 16.7 Å². The molecule has 1 N–H and O–H groups in total. The molecule has 3 heteroatoms. The van der Waals surface area contributed by atoms with Crippen LogP contribution in [0.5, 0.6) is 0 Å². The molecule has 1 aromatic rings. The molecule has 1 aromatic carbocycles. The van der Waals surface area contributed by atoms with Crippen molar-refractivity contribution < 1.29 is 4.79 Å². The Kier molecular flexibility index (Phi) is 2.48. The van der Waals surface area contributed by atoms with Crippen LogP contribution in [0, 0.1) is 0 Å². The molecule has 0 bridgehead atoms. The Morgan fingerprint density at radius 1 is 1.18 bits per heavy atom. The van der Waals surface area contributed by atoms with Crippen LogP contribution in [0.1, 0.15) is 18.1 Å². The van der Waals surface area contributed by atoms with Crippen LogP contribution in [-0.4, -0.2) is 23.9 Å². The molecule has 0 saturated carbocycles. The van der Waals surface area contributed by atoms with E-state index in [0.29, 0.717) is 0 Å². The summed E-state index contributed by atoms with van der Waals surface area (Å²) >= 11 is 0. The first-order valence-corrected chi connectivity index (χ1v) is 6.01. The minimum absolute atomic E-state index is 0.192. The molecular formula is C14H16N2O. The van der Waals surface area contributed by atoms with E-state index in [1.807, 2.05) is 24.0 Å². The van der Waals surface area contributed by atoms with Gasteiger partial charge in [-0.05, 0) is 23.6 Å². The van der Waals surface area contributed by atoms with E-state index in [0.717, 1.165) is 31.8 Å². The summed E-state index contributed by atoms with van der Waals surface area (Å²) in [7, 11) is 0. The third-order valence-electron chi connectivity index (χ3n) is 3.66. The molecule has 0 radical (unpaired) electrons. The molecule has 88 valence electrons. The second kappa shape index (κ2) is 4.00. The maximum Gasteiger partial charge on any atom is 0.250 e. The zero-order valence-electron chi connectivity index (χ0n) is 9.99. The highest BCUT2D eigenvalue weighted by Gasteiger charge is 2.26. The maximum atomic E-state index is 12.3. The molecule has 1 fully saturated rings. The fraction of sp³-hybridized carbons (Fsp3) is 0.357. The lowest BCUT2D eigenvalue weighted by Gasteiger charge is -2.24. The number of hydrogen-bond acceptors (Lipinski definition) is 2. The zero-order chi connectivity index (χ0) is 11.8. The summed E-state index contributed by atoms with van der Waals surface area (Å²) in [4.78, 5) is 14.2. The van der Waals surface area contributed by atoms with E-state index < -0.39 is 0 Å². The van der Waals surface area contributed by atoms with Gasteiger partial charge in [0, 0.05) is 31.8 Å². The molecule has 2 heterocycles. The van der Waals surface area contributed by atoms with Crippen LogP contribution in [0.15, 0.2) is 35.4 Å². The summed E-state index contributed by atoms with van der Waals surface area (Å²) in [6, 6.07) is 8.29. The van der Waals surface area contributed by atoms with Gasteiger partial charge in [-0.15, -0.1) is 0 Å². The first kappa shape index (κ1) is 10.5. The normalized spacial score (nSPS) is 17.7. The van der Waals surface area contributed by atoms with Gasteiger partial charge in [-0.1, -0.05) is 24.3 Å². The molecule has 0 unspecified atom stereocenters. The highest BCUT2D eigenvalue weighted by molar-refractivity contribution is 5.94. The molecule has 17 heavy (non-hydrogen) atoms. The van der Waals surface area contributed by atoms with Crippen molar-refractivity contribution in [3.8, 4) is 0 Å². The smallest absolute Gasteiger partial charge is 0.250 e. The maximum absolute atomic E-state index is 12.3. The summed E-state index contributed by atoms with van der Waals surface area (Å²) in [5.74, 6) is 0.192. The van der Waals surface area contributed by atoms with Gasteiger partial charge in [0.05, 0.1) is 0 Å². The lowest BCUT2D eigenvalue weighted by atomic mass is 10.0. The van der Waals surface area contributed by atoms with Crippen molar-refractivity contribution in [3.63, 3.8) is 0 Å². The van der Waals surface area contributed by atoms with E-state index in [-0.39, 0.29) is 5.91 Å². The van der Waals surface area contributed by atoms with Crippen LogP contribution in [0.25, 0.3) is 0 Å². The zero-order valence-corrected chi connectivity index (χ0v) is 9.99. The molecule has 0 aromatic heterocycles. The van der Waals surface area contributed by atoms with Crippen molar-refractivity contribution in [2.75, 3.05) is 13.1 Å². The minimum atomic E-state index is 0.192. The molecule has 0 aliphatic carbocycles. The minimum Gasteiger partial charge on any atom is -0.330 e. The van der Waals surface area contributed by atoms with Crippen molar-refractivity contribution in [2.45, 2.75) is 20.0 Å². The SMILES string of the molecule is CC(C(=O)N1Cc2ccccc2C1)=C1CNC1. The Hall–Kier alpha value is -1.61. The molecule has 1 amide bonds. The highest BCUT2D eigenvalue weighted by atomic mass is 16.2. The standard InChI is InChI=1S/C14H16N2O/c1-10(13-6-15-7-13)14(17)16-8-11-4-2-3-5-12(11)9-16/h2-5,15H,6-9H2,1H3. The van der Waals surface area contributed by atoms with E-state index >= 15 is 0 Å². The molecule has 1 saturated heterocycles. The van der Waals surface area contributed by atoms with Crippen LogP contribution in [0.3, 0.4) is 0 Å². The summed E-state index contributed by atoms with van der Waals surface area (Å²) < 4.78 is 0. The van der Waals surface area contributed by atoms with Gasteiger partial charge in [-0.25, -0.2) is 0 Å². The van der Waals surface area contributed by atoms with E-state index in [9.17, 15) is 4.79 Å². The number of carbonyl (C=O) groups excluding carboxylic acids is 1. The van der Waals surface area contributed by atoms with Crippen molar-refractivity contribution in [1.29, 1.82) is 0 Å². The van der Waals surface area contributed by atoms with E-state index in [4.69, 9.17) is 0 Å². The molecule has 2 aliphatic rings. The second-order valence-electron chi connectivity index (χ2n) is 4.76. The van der Waals surface area contributed by atoms with Crippen LogP contribution < -0.4 is 5.32 Å². The van der Waals surface area contributed by atoms with Crippen molar-refractivity contribution in [1.82, 2.24) is 10.2 Å². The molecule has 3 rings (SSSR count). The fourth-order valence-electron chi connectivity index (χ4n) is 2.38. The van der Waals surface area contributed by atoms with Crippen LogP contribution in [-0.2, 0) is 17.9 Å². The monoisotopic (exact) mass is 228 g/mol. The third-order valence-corrected chi connectivity index (χ3v) is 3.66. The van der Waals surface area contributed by atoms with Gasteiger partial charge in [-0.3, -0.25) is 4.79 Å². The molecule has 2 aliphatic heterocycles. The Morgan fingerprint density at radius 3 is 2.24 bits per heavy atom. The van der Waals surface area contributed by atoms with Crippen LogP contribution >= 0.6 is 0 Å². The van der Waals surface area contributed by atoms with Gasteiger partial charge in [0.1, 0.15) is 0 Å². The Morgan fingerprint density at radius 2 is 1.76 bits per heavy atom. The highest BCUT2D eigenvalue weighted by Crippen LogP contribution is 2.24. The van der Waals surface area contributed by atoms with Crippen LogP contribution in [0.4, 0.5) is 0 Å². The second-order valence-corrected chi connectivity index (χ2v) is 4.76. The summed E-state index contributed by atoms with van der Waals surface area (Å²) in [6.07, 6.45) is 0. The Balaban J connectivity index is 1.78. The average molecular weight is 228 g/mol. The van der Waals surface area contributed by atoms with Gasteiger partial charge < -0.3 is 10.2 Å². The topological polar surface area (TPSA) is 32.3 Å². The van der Waals surface area contributed by atoms with Crippen molar-refractivity contribution >= 4 is 5.91 Å². The fourth-order valence-corrected chi connectivity index (χ4v) is 2.38. The van der Waals surface area contributed by atoms with Gasteiger partial charge in [-0.2, -0.15) is 0 Å². The quantitative estimate of drug-likeness (QED) is 0.738. The summed E-state index contributed by atoms with van der Waals surface area (Å²) in [5, 5.41) is 3.18. The van der Waals surface area contributed by atoms with Gasteiger partial charge in [0.25, 0.3) is 0 Å². The number of rotatable bonds is 1.